The highest BCUT2D eigenvalue weighted by Crippen LogP contribution is 2.34. The number of piperazine rings is 1. The average Bonchev–Trinajstić information content (AvgIpc) is 3.27. The van der Waals surface area contributed by atoms with E-state index < -0.39 is 0 Å². The largest absolute Gasteiger partial charge is 0.311 e. The van der Waals surface area contributed by atoms with Gasteiger partial charge in [-0.1, -0.05) is 6.92 Å². The van der Waals surface area contributed by atoms with Gasteiger partial charge >= 0.3 is 0 Å². The Bertz CT molecular complexity index is 282. The maximum absolute atomic E-state index is 3.76. The highest BCUT2D eigenvalue weighted by molar-refractivity contribution is 4.94. The molecule has 2 aliphatic heterocycles. The molecule has 3 heteroatoms. The predicted octanol–water partition coefficient (Wildman–Crippen LogP) is 1.79. The summed E-state index contributed by atoms with van der Waals surface area (Å²) in [7, 11) is 0. The first kappa shape index (κ1) is 13.8. The first-order chi connectivity index (χ1) is 9.26. The summed E-state index contributed by atoms with van der Waals surface area (Å²) >= 11 is 0. The SMILES string of the molecule is CCN1CCC(CN2CC(C3CC3)NCC2C)CC1. The Balaban J connectivity index is 1.47. The average molecular weight is 265 g/mol. The lowest BCUT2D eigenvalue weighted by molar-refractivity contribution is 0.0880. The molecule has 0 spiro atoms. The van der Waals surface area contributed by atoms with Gasteiger partial charge in [-0.25, -0.2) is 0 Å². The third-order valence-corrected chi connectivity index (χ3v) is 5.57. The Hall–Kier alpha value is -0.120. The van der Waals surface area contributed by atoms with E-state index in [4.69, 9.17) is 0 Å². The van der Waals surface area contributed by atoms with Crippen molar-refractivity contribution in [1.82, 2.24) is 15.1 Å². The van der Waals surface area contributed by atoms with Gasteiger partial charge in [0, 0.05) is 31.7 Å². The van der Waals surface area contributed by atoms with Gasteiger partial charge in [0.25, 0.3) is 0 Å². The zero-order chi connectivity index (χ0) is 13.2. The number of rotatable bonds is 4. The van der Waals surface area contributed by atoms with E-state index in [0.717, 1.165) is 23.9 Å². The van der Waals surface area contributed by atoms with E-state index in [0.29, 0.717) is 0 Å². The minimum absolute atomic E-state index is 0.735. The molecule has 2 saturated heterocycles. The molecule has 1 aliphatic carbocycles. The minimum atomic E-state index is 0.735. The molecule has 3 aliphatic rings. The summed E-state index contributed by atoms with van der Waals surface area (Å²) in [4.78, 5) is 5.39. The van der Waals surface area contributed by atoms with Crippen LogP contribution >= 0.6 is 0 Å². The Morgan fingerprint density at radius 1 is 1.11 bits per heavy atom. The lowest BCUT2D eigenvalue weighted by atomic mass is 9.94. The first-order valence-electron chi connectivity index (χ1n) is 8.46. The van der Waals surface area contributed by atoms with Crippen LogP contribution < -0.4 is 5.32 Å². The van der Waals surface area contributed by atoms with Crippen molar-refractivity contribution in [3.63, 3.8) is 0 Å². The van der Waals surface area contributed by atoms with Gasteiger partial charge in [0.15, 0.2) is 0 Å². The van der Waals surface area contributed by atoms with Gasteiger partial charge < -0.3 is 10.2 Å². The van der Waals surface area contributed by atoms with Crippen molar-refractivity contribution in [2.75, 3.05) is 39.3 Å². The molecule has 0 amide bonds. The number of piperidine rings is 1. The van der Waals surface area contributed by atoms with Gasteiger partial charge in [-0.05, 0) is 64.1 Å². The van der Waals surface area contributed by atoms with E-state index in [-0.39, 0.29) is 0 Å². The summed E-state index contributed by atoms with van der Waals surface area (Å²) in [5, 5.41) is 3.76. The maximum Gasteiger partial charge on any atom is 0.0224 e. The van der Waals surface area contributed by atoms with E-state index in [2.05, 4.69) is 29.0 Å². The van der Waals surface area contributed by atoms with Crippen LogP contribution in [0.4, 0.5) is 0 Å². The second-order valence-electron chi connectivity index (χ2n) is 7.03. The quantitative estimate of drug-likeness (QED) is 0.836. The van der Waals surface area contributed by atoms with Crippen molar-refractivity contribution in [3.8, 4) is 0 Å². The summed E-state index contributed by atoms with van der Waals surface area (Å²) in [5.74, 6) is 1.94. The minimum Gasteiger partial charge on any atom is -0.311 e. The number of nitrogens with zero attached hydrogens (tertiary/aromatic N) is 2. The van der Waals surface area contributed by atoms with Gasteiger partial charge in [0.2, 0.25) is 0 Å². The van der Waals surface area contributed by atoms with E-state index in [1.54, 1.807) is 0 Å². The Kier molecular flexibility index (Phi) is 4.45. The Morgan fingerprint density at radius 3 is 2.47 bits per heavy atom. The van der Waals surface area contributed by atoms with E-state index >= 15 is 0 Å². The molecule has 3 nitrogen and oxygen atoms in total. The number of likely N-dealkylation sites (tertiary alicyclic amines) is 1. The topological polar surface area (TPSA) is 18.5 Å². The number of hydrogen-bond acceptors (Lipinski definition) is 3. The standard InChI is InChI=1S/C16H31N3/c1-3-18-8-6-14(7-9-18)11-19-12-16(15-4-5-15)17-10-13(19)2/h13-17H,3-12H2,1-2H3. The molecule has 1 saturated carbocycles. The molecule has 0 bridgehead atoms. The normalized spacial score (nSPS) is 35.7. The molecule has 3 rings (SSSR count). The Morgan fingerprint density at radius 2 is 1.84 bits per heavy atom. The predicted molar refractivity (Wildman–Crippen MR) is 80.4 cm³/mol. The van der Waals surface area contributed by atoms with Crippen LogP contribution in [-0.2, 0) is 0 Å². The van der Waals surface area contributed by atoms with Crippen LogP contribution in [-0.4, -0.2) is 61.2 Å². The lowest BCUT2D eigenvalue weighted by Crippen LogP contribution is -2.57. The van der Waals surface area contributed by atoms with Crippen LogP contribution in [0.3, 0.4) is 0 Å². The first-order valence-corrected chi connectivity index (χ1v) is 8.46. The molecule has 2 unspecified atom stereocenters. The second-order valence-corrected chi connectivity index (χ2v) is 7.03. The maximum atomic E-state index is 3.76. The van der Waals surface area contributed by atoms with Crippen molar-refractivity contribution in [2.45, 2.75) is 51.6 Å². The summed E-state index contributed by atoms with van der Waals surface area (Å²) in [6.07, 6.45) is 5.76. The molecule has 1 N–H and O–H groups in total. The molecule has 2 heterocycles. The summed E-state index contributed by atoms with van der Waals surface area (Å²) < 4.78 is 0. The zero-order valence-electron chi connectivity index (χ0n) is 12.8. The fourth-order valence-corrected chi connectivity index (χ4v) is 3.83. The van der Waals surface area contributed by atoms with Gasteiger partial charge in [-0.15, -0.1) is 0 Å². The number of hydrogen-bond donors (Lipinski definition) is 1. The Labute approximate surface area is 118 Å². The van der Waals surface area contributed by atoms with Crippen LogP contribution in [0.5, 0.6) is 0 Å². The number of nitrogens with one attached hydrogen (secondary N) is 1. The second kappa shape index (κ2) is 6.11. The molecule has 3 fully saturated rings. The molecule has 0 aromatic heterocycles. The third-order valence-electron chi connectivity index (χ3n) is 5.57. The van der Waals surface area contributed by atoms with Crippen LogP contribution in [0.15, 0.2) is 0 Å². The molecule has 0 aromatic rings. The summed E-state index contributed by atoms with van der Waals surface area (Å²) in [6, 6.07) is 1.53. The van der Waals surface area contributed by atoms with Crippen molar-refractivity contribution >= 4 is 0 Å². The molecule has 19 heavy (non-hydrogen) atoms. The molecule has 2 atom stereocenters. The fraction of sp³-hybridized carbons (Fsp3) is 1.00. The third kappa shape index (κ3) is 3.50. The van der Waals surface area contributed by atoms with Crippen molar-refractivity contribution in [2.24, 2.45) is 11.8 Å². The van der Waals surface area contributed by atoms with Crippen LogP contribution in [0.1, 0.15) is 39.5 Å². The van der Waals surface area contributed by atoms with Gasteiger partial charge in [0.1, 0.15) is 0 Å². The van der Waals surface area contributed by atoms with E-state index in [9.17, 15) is 0 Å². The summed E-state index contributed by atoms with van der Waals surface area (Å²) in [6.45, 7) is 12.4. The van der Waals surface area contributed by atoms with Crippen LogP contribution in [0, 0.1) is 11.8 Å². The molecular weight excluding hydrogens is 234 g/mol. The van der Waals surface area contributed by atoms with Crippen molar-refractivity contribution < 1.29 is 0 Å². The van der Waals surface area contributed by atoms with E-state index in [1.807, 2.05) is 0 Å². The van der Waals surface area contributed by atoms with Crippen LogP contribution in [0.2, 0.25) is 0 Å². The molecular formula is C16H31N3. The molecule has 0 radical (unpaired) electrons. The van der Waals surface area contributed by atoms with Gasteiger partial charge in [0.05, 0.1) is 0 Å². The lowest BCUT2D eigenvalue weighted by Gasteiger charge is -2.42. The smallest absolute Gasteiger partial charge is 0.0224 e. The van der Waals surface area contributed by atoms with Gasteiger partial charge in [-0.2, -0.15) is 0 Å². The summed E-state index contributed by atoms with van der Waals surface area (Å²) in [5.41, 5.74) is 0. The van der Waals surface area contributed by atoms with E-state index in [1.165, 1.54) is 65.0 Å². The highest BCUT2D eigenvalue weighted by atomic mass is 15.2. The van der Waals surface area contributed by atoms with Crippen molar-refractivity contribution in [3.05, 3.63) is 0 Å². The molecule has 0 aromatic carbocycles. The highest BCUT2D eigenvalue weighted by Gasteiger charge is 2.36. The van der Waals surface area contributed by atoms with Gasteiger partial charge in [-0.3, -0.25) is 4.90 Å². The monoisotopic (exact) mass is 265 g/mol. The van der Waals surface area contributed by atoms with Crippen molar-refractivity contribution in [1.29, 1.82) is 0 Å². The fourth-order valence-electron chi connectivity index (χ4n) is 3.83. The van der Waals surface area contributed by atoms with Crippen LogP contribution in [0.25, 0.3) is 0 Å². The zero-order valence-corrected chi connectivity index (χ0v) is 12.8. The molecule has 110 valence electrons.